The minimum Gasteiger partial charge on any atom is -0.496 e. The molecule has 2 rings (SSSR count). The average molecular weight is 207 g/mol. The quantitative estimate of drug-likeness (QED) is 0.821. The first-order valence-electron chi connectivity index (χ1n) is 4.60. The molecule has 1 heterocycles. The third-order valence-electron chi connectivity index (χ3n) is 2.39. The first kappa shape index (κ1) is 9.34. The van der Waals surface area contributed by atoms with Gasteiger partial charge in [-0.1, -0.05) is 13.0 Å². The van der Waals surface area contributed by atoms with Crippen LogP contribution in [0.15, 0.2) is 17.5 Å². The van der Waals surface area contributed by atoms with Crippen LogP contribution < -0.4 is 10.5 Å². The summed E-state index contributed by atoms with van der Waals surface area (Å²) in [6.45, 7) is 2.15. The second kappa shape index (κ2) is 3.50. The van der Waals surface area contributed by atoms with E-state index in [4.69, 9.17) is 10.5 Å². The van der Waals surface area contributed by atoms with Gasteiger partial charge in [0, 0.05) is 10.1 Å². The summed E-state index contributed by atoms with van der Waals surface area (Å²) in [7, 11) is 1.68. The molecular formula is C11H13NOS. The maximum absolute atomic E-state index is 5.91. The van der Waals surface area contributed by atoms with Crippen molar-refractivity contribution in [3.63, 3.8) is 0 Å². The van der Waals surface area contributed by atoms with Crippen molar-refractivity contribution in [2.24, 2.45) is 0 Å². The normalized spacial score (nSPS) is 10.7. The molecule has 0 radical (unpaired) electrons. The van der Waals surface area contributed by atoms with Gasteiger partial charge in [0.05, 0.1) is 18.2 Å². The monoisotopic (exact) mass is 207 g/mol. The van der Waals surface area contributed by atoms with Crippen molar-refractivity contribution in [2.75, 3.05) is 12.8 Å². The molecule has 0 bridgehead atoms. The molecule has 0 fully saturated rings. The molecule has 1 aromatic carbocycles. The van der Waals surface area contributed by atoms with Gasteiger partial charge < -0.3 is 10.5 Å². The topological polar surface area (TPSA) is 35.2 Å². The first-order chi connectivity index (χ1) is 6.77. The number of hydrogen-bond acceptors (Lipinski definition) is 3. The summed E-state index contributed by atoms with van der Waals surface area (Å²) < 4.78 is 6.55. The summed E-state index contributed by atoms with van der Waals surface area (Å²) >= 11 is 1.69. The number of aryl methyl sites for hydroxylation is 1. The van der Waals surface area contributed by atoms with Gasteiger partial charge in [-0.2, -0.15) is 0 Å². The predicted octanol–water partition coefficient (Wildman–Crippen LogP) is 3.05. The SMILES string of the molecule is CCc1ccc(OC)c2c(N)csc12. The second-order valence-electron chi connectivity index (χ2n) is 3.18. The summed E-state index contributed by atoms with van der Waals surface area (Å²) in [5.41, 5.74) is 8.06. The molecule has 0 aliphatic carbocycles. The first-order valence-corrected chi connectivity index (χ1v) is 5.48. The highest BCUT2D eigenvalue weighted by Gasteiger charge is 2.10. The average Bonchev–Trinajstić information content (AvgIpc) is 2.60. The molecule has 0 saturated heterocycles. The van der Waals surface area contributed by atoms with Crippen molar-refractivity contribution in [1.82, 2.24) is 0 Å². The number of fused-ring (bicyclic) bond motifs is 1. The van der Waals surface area contributed by atoms with E-state index in [1.807, 2.05) is 11.4 Å². The molecule has 2 nitrogen and oxygen atoms in total. The molecular weight excluding hydrogens is 194 g/mol. The van der Waals surface area contributed by atoms with Crippen LogP contribution in [-0.4, -0.2) is 7.11 Å². The highest BCUT2D eigenvalue weighted by Crippen LogP contribution is 2.37. The Bertz CT molecular complexity index is 462. The Kier molecular flexibility index (Phi) is 2.33. The van der Waals surface area contributed by atoms with Crippen molar-refractivity contribution >= 4 is 27.1 Å². The number of methoxy groups -OCH3 is 1. The van der Waals surface area contributed by atoms with E-state index in [1.165, 1.54) is 10.3 Å². The van der Waals surface area contributed by atoms with Crippen molar-refractivity contribution < 1.29 is 4.74 Å². The molecule has 0 amide bonds. The third-order valence-corrected chi connectivity index (χ3v) is 3.47. The smallest absolute Gasteiger partial charge is 0.129 e. The molecule has 0 unspecified atom stereocenters. The van der Waals surface area contributed by atoms with E-state index in [0.29, 0.717) is 0 Å². The van der Waals surface area contributed by atoms with Crippen LogP contribution in [-0.2, 0) is 6.42 Å². The molecule has 74 valence electrons. The lowest BCUT2D eigenvalue weighted by atomic mass is 10.1. The number of anilines is 1. The van der Waals surface area contributed by atoms with Crippen LogP contribution in [0.4, 0.5) is 5.69 Å². The predicted molar refractivity (Wildman–Crippen MR) is 62.2 cm³/mol. The zero-order valence-electron chi connectivity index (χ0n) is 8.33. The summed E-state index contributed by atoms with van der Waals surface area (Å²) in [4.78, 5) is 0. The molecule has 0 saturated carbocycles. The Hall–Kier alpha value is -1.22. The maximum Gasteiger partial charge on any atom is 0.129 e. The van der Waals surface area contributed by atoms with Gasteiger partial charge in [-0.3, -0.25) is 0 Å². The summed E-state index contributed by atoms with van der Waals surface area (Å²) in [6, 6.07) is 4.10. The Morgan fingerprint density at radius 2 is 2.21 bits per heavy atom. The largest absolute Gasteiger partial charge is 0.496 e. The highest BCUT2D eigenvalue weighted by molar-refractivity contribution is 7.18. The Morgan fingerprint density at radius 1 is 1.43 bits per heavy atom. The number of nitrogens with two attached hydrogens (primary N) is 1. The molecule has 1 aromatic heterocycles. The van der Waals surface area contributed by atoms with Gasteiger partial charge in [-0.15, -0.1) is 11.3 Å². The molecule has 2 N–H and O–H groups in total. The summed E-state index contributed by atoms with van der Waals surface area (Å²) in [5, 5.41) is 3.05. The molecule has 0 aliphatic heterocycles. The van der Waals surface area contributed by atoms with Crippen molar-refractivity contribution in [2.45, 2.75) is 13.3 Å². The fraction of sp³-hybridized carbons (Fsp3) is 0.273. The van der Waals surface area contributed by atoms with E-state index in [0.717, 1.165) is 23.2 Å². The van der Waals surface area contributed by atoms with Gasteiger partial charge in [0.2, 0.25) is 0 Å². The molecule has 3 heteroatoms. The minimum atomic E-state index is 0.817. The number of rotatable bonds is 2. The van der Waals surface area contributed by atoms with Gasteiger partial charge >= 0.3 is 0 Å². The van der Waals surface area contributed by atoms with E-state index in [1.54, 1.807) is 18.4 Å². The zero-order valence-corrected chi connectivity index (χ0v) is 9.15. The van der Waals surface area contributed by atoms with Gasteiger partial charge in [0.1, 0.15) is 5.75 Å². The molecule has 0 atom stereocenters. The minimum absolute atomic E-state index is 0.817. The third kappa shape index (κ3) is 1.24. The molecule has 14 heavy (non-hydrogen) atoms. The Balaban J connectivity index is 2.81. The van der Waals surface area contributed by atoms with Crippen molar-refractivity contribution in [3.8, 4) is 5.75 Å². The van der Waals surface area contributed by atoms with Gasteiger partial charge in [-0.05, 0) is 18.1 Å². The van der Waals surface area contributed by atoms with Crippen LogP contribution in [0.2, 0.25) is 0 Å². The number of benzene rings is 1. The van der Waals surface area contributed by atoms with Crippen molar-refractivity contribution in [3.05, 3.63) is 23.1 Å². The van der Waals surface area contributed by atoms with Gasteiger partial charge in [0.25, 0.3) is 0 Å². The van der Waals surface area contributed by atoms with Crippen LogP contribution in [0.3, 0.4) is 0 Å². The van der Waals surface area contributed by atoms with Crippen LogP contribution in [0, 0.1) is 0 Å². The Labute approximate surface area is 87.3 Å². The summed E-state index contributed by atoms with van der Waals surface area (Å²) in [6.07, 6.45) is 1.03. The number of ether oxygens (including phenoxy) is 1. The summed E-state index contributed by atoms with van der Waals surface area (Å²) in [5.74, 6) is 0.871. The lowest BCUT2D eigenvalue weighted by molar-refractivity contribution is 0.420. The van der Waals surface area contributed by atoms with Crippen LogP contribution >= 0.6 is 11.3 Å². The second-order valence-corrected chi connectivity index (χ2v) is 4.06. The molecule has 0 spiro atoms. The molecule has 2 aromatic rings. The zero-order chi connectivity index (χ0) is 10.1. The van der Waals surface area contributed by atoms with Crippen molar-refractivity contribution in [1.29, 1.82) is 0 Å². The maximum atomic E-state index is 5.91. The standard InChI is InChI=1S/C11H13NOS/c1-3-7-4-5-9(13-2)10-8(12)6-14-11(7)10/h4-6H,3,12H2,1-2H3. The van der Waals surface area contributed by atoms with E-state index in [-0.39, 0.29) is 0 Å². The van der Waals surface area contributed by atoms with E-state index >= 15 is 0 Å². The van der Waals surface area contributed by atoms with Gasteiger partial charge in [-0.25, -0.2) is 0 Å². The molecule has 0 aliphatic rings. The van der Waals surface area contributed by atoms with Crippen LogP contribution in [0.25, 0.3) is 10.1 Å². The van der Waals surface area contributed by atoms with E-state index in [2.05, 4.69) is 13.0 Å². The lowest BCUT2D eigenvalue weighted by Crippen LogP contribution is -1.89. The lowest BCUT2D eigenvalue weighted by Gasteiger charge is -2.05. The van der Waals surface area contributed by atoms with Gasteiger partial charge in [0.15, 0.2) is 0 Å². The number of nitrogen functional groups attached to an aromatic ring is 1. The van der Waals surface area contributed by atoms with Crippen LogP contribution in [0.5, 0.6) is 5.75 Å². The number of thiophene rings is 1. The van der Waals surface area contributed by atoms with E-state index in [9.17, 15) is 0 Å². The van der Waals surface area contributed by atoms with Crippen LogP contribution in [0.1, 0.15) is 12.5 Å². The number of hydrogen-bond donors (Lipinski definition) is 1. The fourth-order valence-electron chi connectivity index (χ4n) is 1.65. The van der Waals surface area contributed by atoms with E-state index < -0.39 is 0 Å². The fourth-order valence-corrected chi connectivity index (χ4v) is 2.71. The Morgan fingerprint density at radius 3 is 2.86 bits per heavy atom. The highest BCUT2D eigenvalue weighted by atomic mass is 32.1.